The number of aromatic nitrogens is 5. The number of carbonyl (C=O) groups excluding carboxylic acids is 1. The molecular formula is C24H21FN6O2. The second-order valence-corrected chi connectivity index (χ2v) is 7.68. The summed E-state index contributed by atoms with van der Waals surface area (Å²) in [5.41, 5.74) is 3.77. The molecule has 1 aliphatic rings. The zero-order valence-electron chi connectivity index (χ0n) is 18.1. The molecule has 2 aromatic carbocycles. The Morgan fingerprint density at radius 1 is 1.18 bits per heavy atom. The van der Waals surface area contributed by atoms with Crippen LogP contribution >= 0.6 is 0 Å². The van der Waals surface area contributed by atoms with Crippen molar-refractivity contribution in [2.75, 3.05) is 11.9 Å². The van der Waals surface area contributed by atoms with Crippen LogP contribution in [-0.4, -0.2) is 37.5 Å². The maximum atomic E-state index is 13.3. The van der Waals surface area contributed by atoms with Gasteiger partial charge < -0.3 is 10.1 Å². The number of fused-ring (bicyclic) bond motifs is 1. The summed E-state index contributed by atoms with van der Waals surface area (Å²) in [4.78, 5) is 17.3. The Morgan fingerprint density at radius 3 is 2.76 bits per heavy atom. The predicted molar refractivity (Wildman–Crippen MR) is 120 cm³/mol. The Balaban J connectivity index is 1.61. The summed E-state index contributed by atoms with van der Waals surface area (Å²) in [6.07, 6.45) is 1.78. The van der Waals surface area contributed by atoms with Crippen LogP contribution in [0.2, 0.25) is 0 Å². The fourth-order valence-electron chi connectivity index (χ4n) is 4.16. The van der Waals surface area contributed by atoms with Crippen molar-refractivity contribution in [2.24, 2.45) is 0 Å². The number of hydrogen-bond donors (Lipinski definition) is 1. The van der Waals surface area contributed by atoms with E-state index in [0.717, 1.165) is 22.6 Å². The second-order valence-electron chi connectivity index (χ2n) is 7.68. The van der Waals surface area contributed by atoms with Crippen LogP contribution in [0.15, 0.2) is 54.7 Å². The number of amides is 1. The number of hydrogen-bond acceptors (Lipinski definition) is 6. The van der Waals surface area contributed by atoms with Gasteiger partial charge in [0.05, 0.1) is 24.2 Å². The van der Waals surface area contributed by atoms with E-state index in [4.69, 9.17) is 4.74 Å². The highest BCUT2D eigenvalue weighted by Gasteiger charge is 2.34. The molecule has 0 spiro atoms. The maximum absolute atomic E-state index is 13.3. The van der Waals surface area contributed by atoms with Gasteiger partial charge in [-0.2, -0.15) is 14.9 Å². The van der Waals surface area contributed by atoms with Crippen molar-refractivity contribution in [3.05, 3.63) is 77.4 Å². The number of rotatable bonds is 5. The lowest BCUT2D eigenvalue weighted by molar-refractivity contribution is -0.116. The molecule has 33 heavy (non-hydrogen) atoms. The van der Waals surface area contributed by atoms with Gasteiger partial charge in [-0.3, -0.25) is 4.79 Å². The molecule has 0 unspecified atom stereocenters. The molecule has 0 saturated carbocycles. The Labute approximate surface area is 189 Å². The quantitative estimate of drug-likeness (QED) is 0.499. The minimum absolute atomic E-state index is 0.136. The van der Waals surface area contributed by atoms with E-state index in [-0.39, 0.29) is 30.0 Å². The predicted octanol–water partition coefficient (Wildman–Crippen LogP) is 4.04. The molecule has 0 fully saturated rings. The van der Waals surface area contributed by atoms with Crippen LogP contribution in [0, 0.1) is 12.7 Å². The van der Waals surface area contributed by atoms with Crippen LogP contribution in [0.1, 0.15) is 36.1 Å². The number of benzene rings is 2. The zero-order valence-corrected chi connectivity index (χ0v) is 18.1. The fraction of sp³-hybridized carbons (Fsp3) is 0.208. The molecule has 5 rings (SSSR count). The van der Waals surface area contributed by atoms with Gasteiger partial charge in [-0.1, -0.05) is 18.2 Å². The zero-order chi connectivity index (χ0) is 22.9. The topological polar surface area (TPSA) is 94.8 Å². The number of ether oxygens (including phenoxy) is 1. The van der Waals surface area contributed by atoms with Crippen LogP contribution in [-0.2, 0) is 4.79 Å². The lowest BCUT2D eigenvalue weighted by atomic mass is 9.85. The highest BCUT2D eigenvalue weighted by molar-refractivity contribution is 5.95. The summed E-state index contributed by atoms with van der Waals surface area (Å²) < 4.78 is 20.6. The van der Waals surface area contributed by atoms with Crippen molar-refractivity contribution in [1.82, 2.24) is 25.0 Å². The van der Waals surface area contributed by atoms with Gasteiger partial charge in [0.2, 0.25) is 5.91 Å². The summed E-state index contributed by atoms with van der Waals surface area (Å²) in [7, 11) is 0. The molecule has 0 saturated heterocycles. The van der Waals surface area contributed by atoms with Gasteiger partial charge in [-0.25, -0.2) is 9.37 Å². The van der Waals surface area contributed by atoms with Crippen molar-refractivity contribution >= 4 is 11.7 Å². The molecule has 2 aromatic heterocycles. The Kier molecular flexibility index (Phi) is 5.29. The first-order valence-electron chi connectivity index (χ1n) is 10.6. The van der Waals surface area contributed by atoms with Gasteiger partial charge in [0.15, 0.2) is 0 Å². The van der Waals surface area contributed by atoms with Gasteiger partial charge in [-0.15, -0.1) is 5.10 Å². The molecule has 3 heterocycles. The molecule has 1 atom stereocenters. The summed E-state index contributed by atoms with van der Waals surface area (Å²) in [5, 5.41) is 15.7. The van der Waals surface area contributed by atoms with Crippen LogP contribution in [0.3, 0.4) is 0 Å². The Morgan fingerprint density at radius 2 is 1.97 bits per heavy atom. The SMILES string of the molecule is CCOc1ccccc1[C@@H]1CC(=O)Nc2c1c(C)nn2-c1nncc(-c2ccc(F)cc2)n1. The molecule has 9 heteroatoms. The van der Waals surface area contributed by atoms with Crippen molar-refractivity contribution in [3.8, 4) is 23.0 Å². The van der Waals surface area contributed by atoms with Gasteiger partial charge in [0, 0.05) is 29.0 Å². The average Bonchev–Trinajstić information content (AvgIpc) is 3.16. The Bertz CT molecular complexity index is 1340. The van der Waals surface area contributed by atoms with Crippen molar-refractivity contribution < 1.29 is 13.9 Å². The first-order chi connectivity index (χ1) is 16.0. The standard InChI is InChI=1S/C24H21FN6O2/c1-3-33-20-7-5-4-6-17(20)18-12-21(32)28-23-22(18)14(2)30-31(23)24-27-19(13-26-29-24)15-8-10-16(25)11-9-15/h4-11,13,18H,3,12H2,1-2H3,(H,28,32)/t18-/m0/s1. The number of nitrogens with one attached hydrogen (secondary N) is 1. The van der Waals surface area contributed by atoms with E-state index < -0.39 is 0 Å². The molecule has 1 aliphatic heterocycles. The average molecular weight is 444 g/mol. The van der Waals surface area contributed by atoms with Crippen LogP contribution < -0.4 is 10.1 Å². The number of anilines is 1. The van der Waals surface area contributed by atoms with Crippen molar-refractivity contribution in [1.29, 1.82) is 0 Å². The summed E-state index contributed by atoms with van der Waals surface area (Å²) in [6.45, 7) is 4.34. The number of nitrogens with zero attached hydrogens (tertiary/aromatic N) is 5. The number of para-hydroxylation sites is 1. The minimum atomic E-state index is -0.334. The number of carbonyl (C=O) groups is 1. The smallest absolute Gasteiger partial charge is 0.272 e. The molecule has 0 aliphatic carbocycles. The van der Waals surface area contributed by atoms with Gasteiger partial charge in [-0.05, 0) is 44.2 Å². The summed E-state index contributed by atoms with van der Waals surface area (Å²) >= 11 is 0. The lowest BCUT2D eigenvalue weighted by Gasteiger charge is -2.25. The fourth-order valence-corrected chi connectivity index (χ4v) is 4.16. The van der Waals surface area contributed by atoms with Gasteiger partial charge in [0.25, 0.3) is 5.95 Å². The lowest BCUT2D eigenvalue weighted by Crippen LogP contribution is -2.25. The van der Waals surface area contributed by atoms with E-state index >= 15 is 0 Å². The largest absolute Gasteiger partial charge is 0.494 e. The van der Waals surface area contributed by atoms with Crippen LogP contribution in [0.4, 0.5) is 10.2 Å². The minimum Gasteiger partial charge on any atom is -0.494 e. The molecule has 1 amide bonds. The van der Waals surface area contributed by atoms with E-state index in [1.165, 1.54) is 23.0 Å². The monoisotopic (exact) mass is 444 g/mol. The van der Waals surface area contributed by atoms with Gasteiger partial charge in [0.1, 0.15) is 17.4 Å². The first kappa shape index (κ1) is 20.7. The van der Waals surface area contributed by atoms with Crippen molar-refractivity contribution in [3.63, 3.8) is 0 Å². The highest BCUT2D eigenvalue weighted by atomic mass is 19.1. The molecule has 0 bridgehead atoms. The number of halogens is 1. The third kappa shape index (κ3) is 3.82. The van der Waals surface area contributed by atoms with Crippen LogP contribution in [0.25, 0.3) is 17.2 Å². The van der Waals surface area contributed by atoms with Crippen molar-refractivity contribution in [2.45, 2.75) is 26.2 Å². The molecule has 4 aromatic rings. The molecule has 1 N–H and O–H groups in total. The second kappa shape index (κ2) is 8.42. The molecule has 0 radical (unpaired) electrons. The highest BCUT2D eigenvalue weighted by Crippen LogP contribution is 2.42. The van der Waals surface area contributed by atoms with E-state index in [1.807, 2.05) is 38.1 Å². The van der Waals surface area contributed by atoms with E-state index in [9.17, 15) is 9.18 Å². The van der Waals surface area contributed by atoms with E-state index in [0.29, 0.717) is 23.7 Å². The Hall–Kier alpha value is -4.14. The third-order valence-electron chi connectivity index (χ3n) is 5.57. The summed E-state index contributed by atoms with van der Waals surface area (Å²) in [6, 6.07) is 13.7. The van der Waals surface area contributed by atoms with Crippen LogP contribution in [0.5, 0.6) is 5.75 Å². The third-order valence-corrected chi connectivity index (χ3v) is 5.57. The summed E-state index contributed by atoms with van der Waals surface area (Å²) in [5.74, 6) is 0.771. The van der Waals surface area contributed by atoms with E-state index in [2.05, 4.69) is 25.6 Å². The first-order valence-corrected chi connectivity index (χ1v) is 10.6. The van der Waals surface area contributed by atoms with Gasteiger partial charge >= 0.3 is 0 Å². The molecule has 166 valence electrons. The molecule has 8 nitrogen and oxygen atoms in total. The molecular weight excluding hydrogens is 423 g/mol. The van der Waals surface area contributed by atoms with E-state index in [1.54, 1.807) is 12.1 Å². The number of aryl methyl sites for hydroxylation is 1. The maximum Gasteiger partial charge on any atom is 0.272 e. The normalized spacial score (nSPS) is 15.1.